The molecule has 0 aliphatic heterocycles. The van der Waals surface area contributed by atoms with Gasteiger partial charge >= 0.3 is 6.18 Å². The maximum absolute atomic E-state index is 13.1. The number of nitrogens with two attached hydrogens (primary N) is 1. The molecule has 7 heteroatoms. The number of alkyl halides is 3. The van der Waals surface area contributed by atoms with Crippen LogP contribution < -0.4 is 10.5 Å². The molecule has 28 heavy (non-hydrogen) atoms. The molecule has 4 nitrogen and oxygen atoms in total. The van der Waals surface area contributed by atoms with Crippen molar-refractivity contribution in [2.45, 2.75) is 19.2 Å². The van der Waals surface area contributed by atoms with Gasteiger partial charge in [0.1, 0.15) is 12.4 Å². The Morgan fingerprint density at radius 1 is 0.964 bits per heavy atom. The Labute approximate surface area is 160 Å². The number of aliphatic imine (C=N–C) groups is 1. The number of benzene rings is 2. The predicted octanol–water partition coefficient (Wildman–Crippen LogP) is 4.91. The minimum Gasteiger partial charge on any atom is -0.485 e. The number of pyridine rings is 1. The van der Waals surface area contributed by atoms with Gasteiger partial charge in [-0.25, -0.2) is 9.98 Å². The van der Waals surface area contributed by atoms with E-state index >= 15 is 0 Å². The number of rotatable bonds is 6. The van der Waals surface area contributed by atoms with E-state index in [-0.39, 0.29) is 23.7 Å². The molecular weight excluding hydrogens is 367 g/mol. The standard InChI is InChI=1S/C21H18F3N3O/c22-21(23,24)17-10-5-4-9-16(17)14-28-18-11-6-12-26-20(18)27-19(25)13-15-7-2-1-3-8-15/h1-12H,13-14H2,(H2,25,26,27). The molecule has 0 spiro atoms. The van der Waals surface area contributed by atoms with Crippen LogP contribution in [-0.2, 0) is 19.2 Å². The normalized spacial score (nSPS) is 12.0. The van der Waals surface area contributed by atoms with E-state index in [2.05, 4.69) is 9.98 Å². The summed E-state index contributed by atoms with van der Waals surface area (Å²) < 4.78 is 45.0. The predicted molar refractivity (Wildman–Crippen MR) is 101 cm³/mol. The summed E-state index contributed by atoms with van der Waals surface area (Å²) in [6.07, 6.45) is -2.51. The molecule has 3 aromatic rings. The molecule has 1 heterocycles. The van der Waals surface area contributed by atoms with Gasteiger partial charge in [-0.3, -0.25) is 0 Å². The third-order valence-electron chi connectivity index (χ3n) is 3.93. The zero-order valence-electron chi connectivity index (χ0n) is 14.9. The van der Waals surface area contributed by atoms with Crippen molar-refractivity contribution in [1.82, 2.24) is 4.98 Å². The number of hydrogen-bond acceptors (Lipinski definition) is 3. The van der Waals surface area contributed by atoms with Gasteiger partial charge in [0.25, 0.3) is 0 Å². The van der Waals surface area contributed by atoms with Crippen molar-refractivity contribution in [2.24, 2.45) is 10.7 Å². The Bertz CT molecular complexity index is 956. The van der Waals surface area contributed by atoms with Gasteiger partial charge in [0.05, 0.1) is 5.56 Å². The number of nitrogens with zero attached hydrogens (tertiary/aromatic N) is 2. The fraction of sp³-hybridized carbons (Fsp3) is 0.143. The topological polar surface area (TPSA) is 60.5 Å². The van der Waals surface area contributed by atoms with E-state index in [1.807, 2.05) is 30.3 Å². The van der Waals surface area contributed by atoms with Gasteiger partial charge in [-0.15, -0.1) is 0 Å². The summed E-state index contributed by atoms with van der Waals surface area (Å²) >= 11 is 0. The Balaban J connectivity index is 1.77. The molecule has 0 radical (unpaired) electrons. The summed E-state index contributed by atoms with van der Waals surface area (Å²) in [4.78, 5) is 8.40. The highest BCUT2D eigenvalue weighted by Gasteiger charge is 2.33. The van der Waals surface area contributed by atoms with E-state index in [9.17, 15) is 13.2 Å². The van der Waals surface area contributed by atoms with Crippen LogP contribution in [0.3, 0.4) is 0 Å². The second kappa shape index (κ2) is 8.56. The molecule has 0 saturated heterocycles. The Morgan fingerprint density at radius 3 is 2.43 bits per heavy atom. The molecule has 0 aliphatic rings. The summed E-state index contributed by atoms with van der Waals surface area (Å²) in [5.41, 5.74) is 6.29. The van der Waals surface area contributed by atoms with Crippen LogP contribution in [0.2, 0.25) is 0 Å². The van der Waals surface area contributed by atoms with Crippen LogP contribution in [0.1, 0.15) is 16.7 Å². The smallest absolute Gasteiger partial charge is 0.416 e. The molecule has 1 aromatic heterocycles. The highest BCUT2D eigenvalue weighted by molar-refractivity contribution is 5.85. The van der Waals surface area contributed by atoms with Crippen LogP contribution >= 0.6 is 0 Å². The third-order valence-corrected chi connectivity index (χ3v) is 3.93. The number of halogens is 3. The first kappa shape index (κ1) is 19.4. The first-order valence-corrected chi connectivity index (χ1v) is 8.53. The fourth-order valence-electron chi connectivity index (χ4n) is 2.64. The van der Waals surface area contributed by atoms with E-state index in [0.29, 0.717) is 12.3 Å². The third kappa shape index (κ3) is 5.09. The Hall–Kier alpha value is -3.35. The minimum atomic E-state index is -4.45. The van der Waals surface area contributed by atoms with E-state index in [0.717, 1.165) is 11.6 Å². The van der Waals surface area contributed by atoms with Gasteiger partial charge in [0.15, 0.2) is 11.6 Å². The molecule has 2 N–H and O–H groups in total. The lowest BCUT2D eigenvalue weighted by atomic mass is 10.1. The van der Waals surface area contributed by atoms with Gasteiger partial charge in [0.2, 0.25) is 0 Å². The van der Waals surface area contributed by atoms with Crippen molar-refractivity contribution in [3.8, 4) is 5.75 Å². The summed E-state index contributed by atoms with van der Waals surface area (Å²) in [7, 11) is 0. The number of hydrogen-bond donors (Lipinski definition) is 1. The fourth-order valence-corrected chi connectivity index (χ4v) is 2.64. The SMILES string of the molecule is NC(Cc1ccccc1)=Nc1ncccc1OCc1ccccc1C(F)(F)F. The van der Waals surface area contributed by atoms with Gasteiger partial charge in [-0.2, -0.15) is 13.2 Å². The van der Waals surface area contributed by atoms with Gasteiger partial charge < -0.3 is 10.5 Å². The zero-order chi connectivity index (χ0) is 20.0. The molecular formula is C21H18F3N3O. The summed E-state index contributed by atoms with van der Waals surface area (Å²) in [5.74, 6) is 0.807. The number of ether oxygens (including phenoxy) is 1. The maximum Gasteiger partial charge on any atom is 0.416 e. The average molecular weight is 385 g/mol. The second-order valence-corrected chi connectivity index (χ2v) is 6.03. The Morgan fingerprint density at radius 2 is 1.68 bits per heavy atom. The quantitative estimate of drug-likeness (QED) is 0.484. The van der Waals surface area contributed by atoms with Crippen molar-refractivity contribution in [2.75, 3.05) is 0 Å². The lowest BCUT2D eigenvalue weighted by molar-refractivity contribution is -0.138. The highest BCUT2D eigenvalue weighted by atomic mass is 19.4. The molecule has 0 bridgehead atoms. The second-order valence-electron chi connectivity index (χ2n) is 6.03. The molecule has 0 amide bonds. The summed E-state index contributed by atoms with van der Waals surface area (Å²) in [5, 5.41) is 0. The molecule has 144 valence electrons. The van der Waals surface area contributed by atoms with Gasteiger partial charge in [-0.05, 0) is 23.8 Å². The minimum absolute atomic E-state index is 0.0334. The molecule has 2 aromatic carbocycles. The largest absolute Gasteiger partial charge is 0.485 e. The monoisotopic (exact) mass is 385 g/mol. The van der Waals surface area contributed by atoms with Crippen LogP contribution in [0.5, 0.6) is 5.75 Å². The van der Waals surface area contributed by atoms with Crippen LogP contribution in [0.4, 0.5) is 19.0 Å². The highest BCUT2D eigenvalue weighted by Crippen LogP contribution is 2.33. The van der Waals surface area contributed by atoms with Crippen LogP contribution in [0.25, 0.3) is 0 Å². The van der Waals surface area contributed by atoms with Crippen LogP contribution in [0, 0.1) is 0 Å². The summed E-state index contributed by atoms with van der Waals surface area (Å²) in [6, 6.07) is 18.1. The first-order chi connectivity index (χ1) is 13.4. The number of amidine groups is 1. The van der Waals surface area contributed by atoms with Crippen molar-refractivity contribution in [3.63, 3.8) is 0 Å². The molecule has 3 rings (SSSR count). The lowest BCUT2D eigenvalue weighted by Gasteiger charge is -2.14. The van der Waals surface area contributed by atoms with Gasteiger partial charge in [-0.1, -0.05) is 48.5 Å². The van der Waals surface area contributed by atoms with Gasteiger partial charge in [0, 0.05) is 18.2 Å². The number of aromatic nitrogens is 1. The molecule has 0 saturated carbocycles. The summed E-state index contributed by atoms with van der Waals surface area (Å²) in [6.45, 7) is -0.261. The maximum atomic E-state index is 13.1. The van der Waals surface area contributed by atoms with E-state index in [1.54, 1.807) is 12.1 Å². The molecule has 0 unspecified atom stereocenters. The van der Waals surface area contributed by atoms with Crippen LogP contribution in [-0.4, -0.2) is 10.8 Å². The van der Waals surface area contributed by atoms with Crippen molar-refractivity contribution in [1.29, 1.82) is 0 Å². The van der Waals surface area contributed by atoms with Crippen molar-refractivity contribution in [3.05, 3.63) is 89.6 Å². The zero-order valence-corrected chi connectivity index (χ0v) is 14.9. The first-order valence-electron chi connectivity index (χ1n) is 8.53. The average Bonchev–Trinajstić information content (AvgIpc) is 2.67. The molecule has 0 fully saturated rings. The Kier molecular flexibility index (Phi) is 5.93. The van der Waals surface area contributed by atoms with E-state index in [1.165, 1.54) is 24.4 Å². The molecule has 0 atom stereocenters. The molecule has 0 aliphatic carbocycles. The lowest BCUT2D eigenvalue weighted by Crippen LogP contribution is -2.14. The van der Waals surface area contributed by atoms with Crippen molar-refractivity contribution < 1.29 is 17.9 Å². The van der Waals surface area contributed by atoms with Crippen molar-refractivity contribution >= 4 is 11.7 Å². The van der Waals surface area contributed by atoms with E-state index < -0.39 is 11.7 Å². The van der Waals surface area contributed by atoms with Crippen LogP contribution in [0.15, 0.2) is 77.9 Å². The van der Waals surface area contributed by atoms with E-state index in [4.69, 9.17) is 10.5 Å².